The maximum Gasteiger partial charge on any atom is 0.321 e. The SMILES string of the molecule is CCc1nnc(NC(=O)N[C@@H]2CCC[C@@H](SC)C2)s1. The fourth-order valence-corrected chi connectivity index (χ4v) is 3.76. The first kappa shape index (κ1) is 14.6. The Morgan fingerprint density at radius 1 is 1.47 bits per heavy atom. The maximum atomic E-state index is 11.9. The van der Waals surface area contributed by atoms with Crippen LogP contribution in [0.2, 0.25) is 0 Å². The highest BCUT2D eigenvalue weighted by atomic mass is 32.2. The summed E-state index contributed by atoms with van der Waals surface area (Å²) in [6, 6.07) is 0.121. The monoisotopic (exact) mass is 300 g/mol. The molecule has 2 amide bonds. The van der Waals surface area contributed by atoms with Crippen molar-refractivity contribution in [3.63, 3.8) is 0 Å². The maximum absolute atomic E-state index is 11.9. The van der Waals surface area contributed by atoms with Crippen LogP contribution in [0.25, 0.3) is 0 Å². The fraction of sp³-hybridized carbons (Fsp3) is 0.750. The molecule has 106 valence electrons. The molecule has 0 aliphatic heterocycles. The Morgan fingerprint density at radius 2 is 2.32 bits per heavy atom. The van der Waals surface area contributed by atoms with Crippen molar-refractivity contribution < 1.29 is 4.79 Å². The molecule has 7 heteroatoms. The van der Waals surface area contributed by atoms with Gasteiger partial charge in [0.1, 0.15) is 5.01 Å². The molecule has 1 fully saturated rings. The van der Waals surface area contributed by atoms with Gasteiger partial charge in [0.05, 0.1) is 0 Å². The summed E-state index contributed by atoms with van der Waals surface area (Å²) in [5.74, 6) is 0. The van der Waals surface area contributed by atoms with E-state index >= 15 is 0 Å². The third-order valence-electron chi connectivity index (χ3n) is 3.28. The molecule has 2 rings (SSSR count). The van der Waals surface area contributed by atoms with E-state index in [9.17, 15) is 4.79 Å². The van der Waals surface area contributed by atoms with E-state index in [4.69, 9.17) is 0 Å². The second-order valence-electron chi connectivity index (χ2n) is 4.67. The van der Waals surface area contributed by atoms with E-state index in [-0.39, 0.29) is 12.1 Å². The van der Waals surface area contributed by atoms with Crippen molar-refractivity contribution in [2.45, 2.75) is 50.3 Å². The molecule has 5 nitrogen and oxygen atoms in total. The van der Waals surface area contributed by atoms with Gasteiger partial charge in [0.15, 0.2) is 0 Å². The number of urea groups is 1. The average molecular weight is 300 g/mol. The largest absolute Gasteiger partial charge is 0.335 e. The molecule has 0 spiro atoms. The fourth-order valence-electron chi connectivity index (χ4n) is 2.26. The van der Waals surface area contributed by atoms with Crippen molar-refractivity contribution in [3.05, 3.63) is 5.01 Å². The Morgan fingerprint density at radius 3 is 3.00 bits per heavy atom. The summed E-state index contributed by atoms with van der Waals surface area (Å²) in [6.07, 6.45) is 7.57. The first-order chi connectivity index (χ1) is 9.21. The lowest BCUT2D eigenvalue weighted by Crippen LogP contribution is -2.41. The number of anilines is 1. The van der Waals surface area contributed by atoms with Crippen molar-refractivity contribution in [1.29, 1.82) is 0 Å². The molecule has 1 aliphatic rings. The molecule has 2 atom stereocenters. The van der Waals surface area contributed by atoms with Crippen LogP contribution >= 0.6 is 23.1 Å². The van der Waals surface area contributed by atoms with Gasteiger partial charge in [-0.1, -0.05) is 24.7 Å². The van der Waals surface area contributed by atoms with Crippen LogP contribution in [0.1, 0.15) is 37.6 Å². The Labute approximate surface area is 122 Å². The van der Waals surface area contributed by atoms with E-state index in [2.05, 4.69) is 27.1 Å². The second kappa shape index (κ2) is 7.09. The lowest BCUT2D eigenvalue weighted by molar-refractivity contribution is 0.244. The highest BCUT2D eigenvalue weighted by molar-refractivity contribution is 7.99. The van der Waals surface area contributed by atoms with E-state index in [1.165, 1.54) is 24.2 Å². The molecule has 1 aromatic rings. The molecule has 1 heterocycles. The van der Waals surface area contributed by atoms with Crippen LogP contribution in [0.5, 0.6) is 0 Å². The minimum atomic E-state index is -0.162. The van der Waals surface area contributed by atoms with E-state index < -0.39 is 0 Å². The van der Waals surface area contributed by atoms with Crippen molar-refractivity contribution in [1.82, 2.24) is 15.5 Å². The lowest BCUT2D eigenvalue weighted by Gasteiger charge is -2.28. The summed E-state index contributed by atoms with van der Waals surface area (Å²) < 4.78 is 0. The summed E-state index contributed by atoms with van der Waals surface area (Å²) in [6.45, 7) is 2.02. The molecule has 0 saturated heterocycles. The number of nitrogens with one attached hydrogen (secondary N) is 2. The number of hydrogen-bond acceptors (Lipinski definition) is 5. The molecular formula is C12H20N4OS2. The summed E-state index contributed by atoms with van der Waals surface area (Å²) >= 11 is 3.32. The first-order valence-electron chi connectivity index (χ1n) is 6.64. The van der Waals surface area contributed by atoms with Crippen LogP contribution in [0, 0.1) is 0 Å². The molecule has 1 aromatic heterocycles. The van der Waals surface area contributed by atoms with Gasteiger partial charge in [-0.3, -0.25) is 5.32 Å². The number of aromatic nitrogens is 2. The number of hydrogen-bond donors (Lipinski definition) is 2. The topological polar surface area (TPSA) is 66.9 Å². The molecule has 2 N–H and O–H groups in total. The first-order valence-corrected chi connectivity index (χ1v) is 8.74. The quantitative estimate of drug-likeness (QED) is 0.897. The predicted octanol–water partition coefficient (Wildman–Crippen LogP) is 2.90. The predicted molar refractivity (Wildman–Crippen MR) is 81.0 cm³/mol. The number of rotatable bonds is 4. The van der Waals surface area contributed by atoms with Gasteiger partial charge in [0, 0.05) is 11.3 Å². The third kappa shape index (κ3) is 4.35. The van der Waals surface area contributed by atoms with Crippen molar-refractivity contribution >= 4 is 34.3 Å². The van der Waals surface area contributed by atoms with E-state index in [0.717, 1.165) is 24.3 Å². The van der Waals surface area contributed by atoms with Gasteiger partial charge >= 0.3 is 6.03 Å². The number of carbonyl (C=O) groups is 1. The molecule has 1 saturated carbocycles. The highest BCUT2D eigenvalue weighted by Gasteiger charge is 2.22. The highest BCUT2D eigenvalue weighted by Crippen LogP contribution is 2.27. The molecule has 0 radical (unpaired) electrons. The molecule has 0 unspecified atom stereocenters. The molecule has 19 heavy (non-hydrogen) atoms. The Kier molecular flexibility index (Phi) is 5.45. The second-order valence-corrected chi connectivity index (χ2v) is 6.87. The molecular weight excluding hydrogens is 280 g/mol. The number of aryl methyl sites for hydroxylation is 1. The van der Waals surface area contributed by atoms with Gasteiger partial charge in [-0.15, -0.1) is 10.2 Å². The van der Waals surface area contributed by atoms with Gasteiger partial charge in [-0.25, -0.2) is 4.79 Å². The third-order valence-corrected chi connectivity index (χ3v) is 5.36. The van der Waals surface area contributed by atoms with Crippen LogP contribution < -0.4 is 10.6 Å². The van der Waals surface area contributed by atoms with Gasteiger partial charge in [-0.05, 0) is 31.9 Å². The van der Waals surface area contributed by atoms with Gasteiger partial charge in [-0.2, -0.15) is 11.8 Å². The minimum Gasteiger partial charge on any atom is -0.335 e. The molecule has 0 bridgehead atoms. The average Bonchev–Trinajstić information content (AvgIpc) is 2.86. The van der Waals surface area contributed by atoms with Crippen LogP contribution in [-0.2, 0) is 6.42 Å². The van der Waals surface area contributed by atoms with Crippen LogP contribution in [0.4, 0.5) is 9.93 Å². The van der Waals surface area contributed by atoms with Crippen LogP contribution in [0.3, 0.4) is 0 Å². The zero-order chi connectivity index (χ0) is 13.7. The zero-order valence-corrected chi connectivity index (χ0v) is 12.9. The normalized spacial score (nSPS) is 23.1. The van der Waals surface area contributed by atoms with Crippen molar-refractivity contribution in [3.8, 4) is 0 Å². The van der Waals surface area contributed by atoms with E-state index in [0.29, 0.717) is 10.4 Å². The van der Waals surface area contributed by atoms with Crippen molar-refractivity contribution in [2.75, 3.05) is 11.6 Å². The molecule has 1 aliphatic carbocycles. The van der Waals surface area contributed by atoms with Gasteiger partial charge < -0.3 is 5.32 Å². The Hall–Kier alpha value is -0.820. The number of thioether (sulfide) groups is 1. The summed E-state index contributed by atoms with van der Waals surface area (Å²) in [5, 5.41) is 15.9. The summed E-state index contributed by atoms with van der Waals surface area (Å²) in [7, 11) is 0. The number of nitrogens with zero attached hydrogens (tertiary/aromatic N) is 2. The summed E-state index contributed by atoms with van der Waals surface area (Å²) in [5.41, 5.74) is 0. The van der Waals surface area contributed by atoms with Crippen LogP contribution in [-0.4, -0.2) is 33.8 Å². The molecule has 0 aromatic carbocycles. The van der Waals surface area contributed by atoms with Crippen LogP contribution in [0.15, 0.2) is 0 Å². The number of amides is 2. The van der Waals surface area contributed by atoms with Gasteiger partial charge in [0.2, 0.25) is 5.13 Å². The minimum absolute atomic E-state index is 0.162. The van der Waals surface area contributed by atoms with Gasteiger partial charge in [0.25, 0.3) is 0 Å². The van der Waals surface area contributed by atoms with E-state index in [1.54, 1.807) is 0 Å². The number of carbonyl (C=O) groups excluding carboxylic acids is 1. The zero-order valence-electron chi connectivity index (χ0n) is 11.3. The van der Waals surface area contributed by atoms with E-state index in [1.807, 2.05) is 18.7 Å². The Balaban J connectivity index is 1.80. The smallest absolute Gasteiger partial charge is 0.321 e. The van der Waals surface area contributed by atoms with Crippen molar-refractivity contribution in [2.24, 2.45) is 0 Å². The Bertz CT molecular complexity index is 424. The standard InChI is InChI=1S/C12H20N4OS2/c1-3-10-15-16-12(19-10)14-11(17)13-8-5-4-6-9(7-8)18-2/h8-9H,3-7H2,1-2H3,(H2,13,14,16,17)/t8-,9-/m1/s1. The summed E-state index contributed by atoms with van der Waals surface area (Å²) in [4.78, 5) is 11.9. The lowest BCUT2D eigenvalue weighted by atomic mass is 9.95.